The van der Waals surface area contributed by atoms with Crippen LogP contribution in [0, 0.1) is 0 Å². The molecule has 2 heteroatoms. The van der Waals surface area contributed by atoms with Crippen LogP contribution < -0.4 is 0 Å². The summed E-state index contributed by atoms with van der Waals surface area (Å²) in [4.78, 5) is 5.29. The molecule has 2 rings (SSSR count). The molecule has 2 fully saturated rings. The minimum atomic E-state index is 0.723. The fourth-order valence-corrected chi connectivity index (χ4v) is 2.72. The summed E-state index contributed by atoms with van der Waals surface area (Å²) in [6, 6.07) is 2.39. The van der Waals surface area contributed by atoms with Crippen molar-refractivity contribution in [1.29, 1.82) is 0 Å². The first kappa shape index (κ1) is 9.47. The Kier molecular flexibility index (Phi) is 2.61. The van der Waals surface area contributed by atoms with Crippen LogP contribution in [0.15, 0.2) is 0 Å². The largest absolute Gasteiger partial charge is 0.299 e. The summed E-state index contributed by atoms with van der Waals surface area (Å²) in [7, 11) is 0. The number of nitrogens with zero attached hydrogens (tertiary/aromatic N) is 2. The predicted octanol–water partition coefficient (Wildman–Crippen LogP) is 1.56. The highest BCUT2D eigenvalue weighted by Gasteiger charge is 2.35. The number of likely N-dealkylation sites (tertiary alicyclic amines) is 2. The molecular formula is C11H22N2. The topological polar surface area (TPSA) is 6.48 Å². The SMILES string of the molecule is CC(C)N1C[C@@H](N2CCC2)CC1C. The zero-order chi connectivity index (χ0) is 9.42. The summed E-state index contributed by atoms with van der Waals surface area (Å²) in [5, 5.41) is 0. The average molecular weight is 182 g/mol. The van der Waals surface area contributed by atoms with Crippen LogP contribution in [-0.2, 0) is 0 Å². The van der Waals surface area contributed by atoms with E-state index in [-0.39, 0.29) is 0 Å². The fourth-order valence-electron chi connectivity index (χ4n) is 2.72. The Hall–Kier alpha value is -0.0800. The van der Waals surface area contributed by atoms with Gasteiger partial charge in [-0.25, -0.2) is 0 Å². The second-order valence-corrected chi connectivity index (χ2v) is 4.92. The molecule has 76 valence electrons. The minimum Gasteiger partial charge on any atom is -0.299 e. The highest BCUT2D eigenvalue weighted by atomic mass is 15.3. The molecule has 2 saturated heterocycles. The van der Waals surface area contributed by atoms with Gasteiger partial charge in [0, 0.05) is 24.7 Å². The second kappa shape index (κ2) is 3.58. The van der Waals surface area contributed by atoms with Gasteiger partial charge in [-0.2, -0.15) is 0 Å². The van der Waals surface area contributed by atoms with Crippen molar-refractivity contribution in [2.75, 3.05) is 19.6 Å². The van der Waals surface area contributed by atoms with Crippen molar-refractivity contribution in [2.24, 2.45) is 0 Å². The van der Waals surface area contributed by atoms with E-state index in [1.807, 2.05) is 0 Å². The van der Waals surface area contributed by atoms with Crippen molar-refractivity contribution in [2.45, 2.75) is 51.7 Å². The van der Waals surface area contributed by atoms with Crippen LogP contribution in [0.25, 0.3) is 0 Å². The van der Waals surface area contributed by atoms with E-state index in [1.54, 1.807) is 0 Å². The summed E-state index contributed by atoms with van der Waals surface area (Å²) in [6.07, 6.45) is 2.81. The van der Waals surface area contributed by atoms with Crippen LogP contribution in [0.2, 0.25) is 0 Å². The highest BCUT2D eigenvalue weighted by Crippen LogP contribution is 2.26. The molecule has 0 radical (unpaired) electrons. The van der Waals surface area contributed by atoms with Crippen LogP contribution >= 0.6 is 0 Å². The molecule has 0 saturated carbocycles. The third-order valence-electron chi connectivity index (χ3n) is 3.67. The Balaban J connectivity index is 1.90. The number of hydrogen-bond donors (Lipinski definition) is 0. The minimum absolute atomic E-state index is 0.723. The molecule has 0 aliphatic carbocycles. The maximum atomic E-state index is 2.65. The maximum absolute atomic E-state index is 2.65. The first-order valence-electron chi connectivity index (χ1n) is 5.68. The van der Waals surface area contributed by atoms with Gasteiger partial charge in [-0.15, -0.1) is 0 Å². The van der Waals surface area contributed by atoms with Crippen LogP contribution in [0.4, 0.5) is 0 Å². The van der Waals surface area contributed by atoms with Gasteiger partial charge in [-0.1, -0.05) is 0 Å². The third-order valence-corrected chi connectivity index (χ3v) is 3.67. The lowest BCUT2D eigenvalue weighted by Crippen LogP contribution is -2.46. The predicted molar refractivity (Wildman–Crippen MR) is 55.9 cm³/mol. The van der Waals surface area contributed by atoms with Crippen LogP contribution in [-0.4, -0.2) is 47.6 Å². The van der Waals surface area contributed by atoms with Gasteiger partial charge in [-0.05, 0) is 46.7 Å². The average Bonchev–Trinajstić information content (AvgIpc) is 2.27. The standard InChI is InChI=1S/C11H22N2/c1-9(2)13-8-11(7-10(13)3)12-5-4-6-12/h9-11H,4-8H2,1-3H3/t10?,11-/m0/s1. The van der Waals surface area contributed by atoms with Crippen molar-refractivity contribution in [3.63, 3.8) is 0 Å². The molecule has 2 nitrogen and oxygen atoms in total. The molecular weight excluding hydrogens is 160 g/mol. The molecule has 13 heavy (non-hydrogen) atoms. The molecule has 0 amide bonds. The van der Waals surface area contributed by atoms with E-state index in [1.165, 1.54) is 32.5 Å². The molecule has 2 aliphatic rings. The van der Waals surface area contributed by atoms with Crippen LogP contribution in [0.5, 0.6) is 0 Å². The summed E-state index contributed by atoms with van der Waals surface area (Å²) in [5.41, 5.74) is 0. The molecule has 0 aromatic rings. The Labute approximate surface area is 81.9 Å². The molecule has 0 aromatic carbocycles. The van der Waals surface area contributed by atoms with E-state index in [0.717, 1.165) is 18.1 Å². The van der Waals surface area contributed by atoms with Crippen molar-refractivity contribution in [1.82, 2.24) is 9.80 Å². The molecule has 2 aliphatic heterocycles. The molecule has 0 aromatic heterocycles. The van der Waals surface area contributed by atoms with Crippen molar-refractivity contribution in [3.8, 4) is 0 Å². The van der Waals surface area contributed by atoms with E-state index in [0.29, 0.717) is 0 Å². The maximum Gasteiger partial charge on any atom is 0.0238 e. The van der Waals surface area contributed by atoms with E-state index >= 15 is 0 Å². The van der Waals surface area contributed by atoms with E-state index in [9.17, 15) is 0 Å². The number of rotatable bonds is 2. The zero-order valence-electron chi connectivity index (χ0n) is 9.16. The van der Waals surface area contributed by atoms with Gasteiger partial charge < -0.3 is 0 Å². The Bertz CT molecular complexity index is 175. The van der Waals surface area contributed by atoms with Gasteiger partial charge in [0.05, 0.1) is 0 Å². The van der Waals surface area contributed by atoms with Crippen molar-refractivity contribution in [3.05, 3.63) is 0 Å². The van der Waals surface area contributed by atoms with Gasteiger partial charge in [0.2, 0.25) is 0 Å². The monoisotopic (exact) mass is 182 g/mol. The lowest BCUT2D eigenvalue weighted by Gasteiger charge is -2.36. The first-order chi connectivity index (χ1) is 6.18. The highest BCUT2D eigenvalue weighted by molar-refractivity contribution is 4.92. The Morgan fingerprint density at radius 1 is 1.23 bits per heavy atom. The smallest absolute Gasteiger partial charge is 0.0238 e. The molecule has 0 spiro atoms. The summed E-state index contributed by atoms with van der Waals surface area (Å²) in [6.45, 7) is 11.0. The summed E-state index contributed by atoms with van der Waals surface area (Å²) >= 11 is 0. The Morgan fingerprint density at radius 3 is 2.31 bits per heavy atom. The summed E-state index contributed by atoms with van der Waals surface area (Å²) < 4.78 is 0. The van der Waals surface area contributed by atoms with Crippen molar-refractivity contribution < 1.29 is 0 Å². The Morgan fingerprint density at radius 2 is 1.92 bits per heavy atom. The fraction of sp³-hybridized carbons (Fsp3) is 1.00. The van der Waals surface area contributed by atoms with E-state index < -0.39 is 0 Å². The van der Waals surface area contributed by atoms with Crippen LogP contribution in [0.1, 0.15) is 33.6 Å². The second-order valence-electron chi connectivity index (χ2n) is 4.92. The van der Waals surface area contributed by atoms with Gasteiger partial charge in [-0.3, -0.25) is 9.80 Å². The molecule has 0 N–H and O–H groups in total. The van der Waals surface area contributed by atoms with E-state index in [4.69, 9.17) is 0 Å². The van der Waals surface area contributed by atoms with Gasteiger partial charge in [0.25, 0.3) is 0 Å². The molecule has 2 heterocycles. The molecule has 0 bridgehead atoms. The lowest BCUT2D eigenvalue weighted by atomic mass is 10.1. The molecule has 2 atom stereocenters. The lowest BCUT2D eigenvalue weighted by molar-refractivity contribution is 0.116. The number of hydrogen-bond acceptors (Lipinski definition) is 2. The molecule has 1 unspecified atom stereocenters. The van der Waals surface area contributed by atoms with Gasteiger partial charge in [0.15, 0.2) is 0 Å². The van der Waals surface area contributed by atoms with E-state index in [2.05, 4.69) is 30.6 Å². The third kappa shape index (κ3) is 1.75. The van der Waals surface area contributed by atoms with Gasteiger partial charge >= 0.3 is 0 Å². The summed E-state index contributed by atoms with van der Waals surface area (Å²) in [5.74, 6) is 0. The quantitative estimate of drug-likeness (QED) is 0.639. The van der Waals surface area contributed by atoms with Gasteiger partial charge in [0.1, 0.15) is 0 Å². The zero-order valence-corrected chi connectivity index (χ0v) is 9.16. The first-order valence-corrected chi connectivity index (χ1v) is 5.68. The van der Waals surface area contributed by atoms with Crippen molar-refractivity contribution >= 4 is 0 Å². The normalized spacial score (nSPS) is 36.9. The van der Waals surface area contributed by atoms with Crippen LogP contribution in [0.3, 0.4) is 0 Å².